The Hall–Kier alpha value is -1.09. The molecule has 1 saturated carbocycles. The van der Waals surface area contributed by atoms with E-state index in [0.29, 0.717) is 11.5 Å². The maximum Gasteiger partial charge on any atom is 0.128 e. The lowest BCUT2D eigenvalue weighted by Gasteiger charge is -2.25. The van der Waals surface area contributed by atoms with Crippen LogP contribution in [0.3, 0.4) is 0 Å². The Morgan fingerprint density at radius 3 is 2.65 bits per heavy atom. The number of ether oxygens (including phenoxy) is 1. The molecule has 20 heavy (non-hydrogen) atoms. The Morgan fingerprint density at radius 2 is 2.10 bits per heavy atom. The molecule has 3 nitrogen and oxygen atoms in total. The maximum atomic E-state index is 5.52. The van der Waals surface area contributed by atoms with Gasteiger partial charge in [0.2, 0.25) is 0 Å². The van der Waals surface area contributed by atoms with Gasteiger partial charge in [-0.3, -0.25) is 4.98 Å². The van der Waals surface area contributed by atoms with Crippen LogP contribution in [0.5, 0.6) is 5.75 Å². The first kappa shape index (κ1) is 15.3. The Morgan fingerprint density at radius 1 is 1.40 bits per heavy atom. The molecular weight excluding hydrogens is 248 g/mol. The van der Waals surface area contributed by atoms with Crippen LogP contribution in [0.2, 0.25) is 0 Å². The molecule has 1 fully saturated rings. The number of nitrogens with zero attached hydrogens (tertiary/aromatic N) is 1. The van der Waals surface area contributed by atoms with E-state index in [1.807, 2.05) is 6.20 Å². The van der Waals surface area contributed by atoms with Crippen molar-refractivity contribution in [1.29, 1.82) is 0 Å². The minimum absolute atomic E-state index is 0.410. The molecule has 2 rings (SSSR count). The first-order valence-corrected chi connectivity index (χ1v) is 7.76. The van der Waals surface area contributed by atoms with E-state index in [0.717, 1.165) is 24.3 Å². The third-order valence-corrected chi connectivity index (χ3v) is 4.78. The molecule has 1 aliphatic carbocycles. The number of hydrogen-bond donors (Lipinski definition) is 1. The molecule has 1 N–H and O–H groups in total. The van der Waals surface area contributed by atoms with Crippen molar-refractivity contribution in [3.05, 3.63) is 23.0 Å². The van der Waals surface area contributed by atoms with Gasteiger partial charge in [0, 0.05) is 29.1 Å². The van der Waals surface area contributed by atoms with Gasteiger partial charge in [0.05, 0.1) is 7.11 Å². The molecule has 0 spiro atoms. The molecule has 1 atom stereocenters. The largest absolute Gasteiger partial charge is 0.496 e. The third-order valence-electron chi connectivity index (χ3n) is 4.78. The van der Waals surface area contributed by atoms with Gasteiger partial charge in [0.15, 0.2) is 0 Å². The van der Waals surface area contributed by atoms with E-state index in [1.54, 1.807) is 7.11 Å². The molecule has 0 saturated heterocycles. The van der Waals surface area contributed by atoms with Crippen LogP contribution in [-0.4, -0.2) is 24.7 Å². The summed E-state index contributed by atoms with van der Waals surface area (Å²) in [5.74, 6) is 1.000. The molecule has 0 aromatic carbocycles. The van der Waals surface area contributed by atoms with E-state index in [2.05, 4.69) is 38.0 Å². The van der Waals surface area contributed by atoms with Crippen molar-refractivity contribution in [3.63, 3.8) is 0 Å². The summed E-state index contributed by atoms with van der Waals surface area (Å²) in [5.41, 5.74) is 3.94. The molecule has 1 aromatic rings. The van der Waals surface area contributed by atoms with Gasteiger partial charge in [0.25, 0.3) is 0 Å². The van der Waals surface area contributed by atoms with Crippen LogP contribution in [-0.2, 0) is 6.42 Å². The fraction of sp³-hybridized carbons (Fsp3) is 0.706. The van der Waals surface area contributed by atoms with Crippen LogP contribution in [0, 0.1) is 19.3 Å². The topological polar surface area (TPSA) is 34.2 Å². The molecule has 1 heterocycles. The lowest BCUT2D eigenvalue weighted by atomic mass is 9.90. The quantitative estimate of drug-likeness (QED) is 0.828. The molecule has 1 aliphatic rings. The van der Waals surface area contributed by atoms with Crippen LogP contribution in [0.15, 0.2) is 6.20 Å². The Kier molecular flexibility index (Phi) is 4.69. The van der Waals surface area contributed by atoms with E-state index >= 15 is 0 Å². The summed E-state index contributed by atoms with van der Waals surface area (Å²) in [4.78, 5) is 4.67. The zero-order chi connectivity index (χ0) is 14.8. The SMILES string of the molecule is CCCNC(C)C1(Cc2ncc(C)c(OC)c2C)CC1. The molecule has 0 bridgehead atoms. The normalized spacial score (nSPS) is 17.9. The molecular formula is C17H28N2O. The van der Waals surface area contributed by atoms with Gasteiger partial charge >= 0.3 is 0 Å². The highest BCUT2D eigenvalue weighted by Gasteiger charge is 2.47. The predicted molar refractivity (Wildman–Crippen MR) is 83.4 cm³/mol. The van der Waals surface area contributed by atoms with Crippen LogP contribution in [0.4, 0.5) is 0 Å². The highest BCUT2D eigenvalue weighted by Crippen LogP contribution is 2.51. The van der Waals surface area contributed by atoms with E-state index in [4.69, 9.17) is 4.74 Å². The molecule has 0 radical (unpaired) electrons. The van der Waals surface area contributed by atoms with Gasteiger partial charge in [-0.25, -0.2) is 0 Å². The van der Waals surface area contributed by atoms with E-state index < -0.39 is 0 Å². The van der Waals surface area contributed by atoms with Crippen molar-refractivity contribution in [3.8, 4) is 5.75 Å². The zero-order valence-corrected chi connectivity index (χ0v) is 13.5. The first-order valence-electron chi connectivity index (χ1n) is 7.76. The maximum absolute atomic E-state index is 5.52. The Bertz CT molecular complexity index is 466. The van der Waals surface area contributed by atoms with Crippen molar-refractivity contribution >= 4 is 0 Å². The van der Waals surface area contributed by atoms with Crippen LogP contribution < -0.4 is 10.1 Å². The van der Waals surface area contributed by atoms with Crippen molar-refractivity contribution in [2.45, 2.75) is 59.4 Å². The van der Waals surface area contributed by atoms with Gasteiger partial charge in [-0.2, -0.15) is 0 Å². The number of methoxy groups -OCH3 is 1. The number of aryl methyl sites for hydroxylation is 1. The monoisotopic (exact) mass is 276 g/mol. The number of nitrogens with one attached hydrogen (secondary N) is 1. The molecule has 1 unspecified atom stereocenters. The number of pyridine rings is 1. The smallest absolute Gasteiger partial charge is 0.128 e. The van der Waals surface area contributed by atoms with Crippen LogP contribution in [0.1, 0.15) is 49.9 Å². The zero-order valence-electron chi connectivity index (χ0n) is 13.5. The predicted octanol–water partition coefficient (Wildman–Crippen LogP) is 3.42. The molecule has 112 valence electrons. The van der Waals surface area contributed by atoms with E-state index in [-0.39, 0.29) is 0 Å². The van der Waals surface area contributed by atoms with Gasteiger partial charge in [0.1, 0.15) is 5.75 Å². The number of hydrogen-bond acceptors (Lipinski definition) is 3. The third kappa shape index (κ3) is 2.98. The first-order chi connectivity index (χ1) is 9.54. The second-order valence-corrected chi connectivity index (χ2v) is 6.26. The fourth-order valence-corrected chi connectivity index (χ4v) is 3.08. The van der Waals surface area contributed by atoms with Crippen molar-refractivity contribution in [2.75, 3.05) is 13.7 Å². The van der Waals surface area contributed by atoms with Crippen LogP contribution >= 0.6 is 0 Å². The summed E-state index contributed by atoms with van der Waals surface area (Å²) in [5, 5.41) is 3.66. The fourth-order valence-electron chi connectivity index (χ4n) is 3.08. The number of aromatic nitrogens is 1. The van der Waals surface area contributed by atoms with E-state index in [9.17, 15) is 0 Å². The summed E-state index contributed by atoms with van der Waals surface area (Å²) in [7, 11) is 1.75. The van der Waals surface area contributed by atoms with Crippen molar-refractivity contribution in [2.24, 2.45) is 5.41 Å². The minimum atomic E-state index is 0.410. The average molecular weight is 276 g/mol. The highest BCUT2D eigenvalue weighted by atomic mass is 16.5. The van der Waals surface area contributed by atoms with E-state index in [1.165, 1.54) is 30.5 Å². The van der Waals surface area contributed by atoms with Gasteiger partial charge in [-0.05, 0) is 58.4 Å². The molecule has 1 aromatic heterocycles. The summed E-state index contributed by atoms with van der Waals surface area (Å²) in [6, 6.07) is 0.566. The molecule has 0 aliphatic heterocycles. The second kappa shape index (κ2) is 6.13. The average Bonchev–Trinajstić information content (AvgIpc) is 3.21. The summed E-state index contributed by atoms with van der Waals surface area (Å²) >= 11 is 0. The van der Waals surface area contributed by atoms with Crippen LogP contribution in [0.25, 0.3) is 0 Å². The lowest BCUT2D eigenvalue weighted by molar-refractivity contribution is 0.345. The molecule has 3 heteroatoms. The van der Waals surface area contributed by atoms with Crippen molar-refractivity contribution < 1.29 is 4.74 Å². The van der Waals surface area contributed by atoms with Gasteiger partial charge in [-0.15, -0.1) is 0 Å². The van der Waals surface area contributed by atoms with Gasteiger partial charge < -0.3 is 10.1 Å². The number of rotatable bonds is 7. The summed E-state index contributed by atoms with van der Waals surface area (Å²) in [6.45, 7) is 9.83. The second-order valence-electron chi connectivity index (χ2n) is 6.26. The Labute approximate surface area is 123 Å². The highest BCUT2D eigenvalue weighted by molar-refractivity contribution is 5.41. The standard InChI is InChI=1S/C17H28N2O/c1-6-9-18-14(4)17(7-8-17)10-15-13(3)16(20-5)12(2)11-19-15/h11,14,18H,6-10H2,1-5H3. The Balaban J connectivity index is 2.14. The minimum Gasteiger partial charge on any atom is -0.496 e. The van der Waals surface area contributed by atoms with Crippen molar-refractivity contribution in [1.82, 2.24) is 10.3 Å². The summed E-state index contributed by atoms with van der Waals surface area (Å²) < 4.78 is 5.52. The summed E-state index contributed by atoms with van der Waals surface area (Å²) in [6.07, 6.45) is 6.81. The van der Waals surface area contributed by atoms with Gasteiger partial charge in [-0.1, -0.05) is 6.92 Å². The molecule has 0 amide bonds. The lowest BCUT2D eigenvalue weighted by Crippen LogP contribution is -2.36.